The number of benzene rings is 2. The van der Waals surface area contributed by atoms with Crippen LogP contribution in [0, 0.1) is 5.41 Å². The maximum Gasteiger partial charge on any atom is 0.239 e. The Morgan fingerprint density at radius 1 is 0.939 bits per heavy atom. The lowest BCUT2D eigenvalue weighted by Crippen LogP contribution is -2.48. The van der Waals surface area contributed by atoms with E-state index >= 15 is 0 Å². The highest BCUT2D eigenvalue weighted by Gasteiger charge is 2.73. The molecule has 4 aromatic rings. The average Bonchev–Trinajstić information content (AvgIpc) is 3.49. The first-order valence-electron chi connectivity index (χ1n) is 11.1. The summed E-state index contributed by atoms with van der Waals surface area (Å²) in [6, 6.07) is 11.7. The van der Waals surface area contributed by atoms with E-state index in [0.29, 0.717) is 16.6 Å². The molecule has 2 aromatic heterocycles. The van der Waals surface area contributed by atoms with Crippen molar-refractivity contribution in [3.05, 3.63) is 47.8 Å². The van der Waals surface area contributed by atoms with E-state index in [2.05, 4.69) is 31.1 Å². The van der Waals surface area contributed by atoms with Gasteiger partial charge in [0.25, 0.3) is 0 Å². The lowest BCUT2D eigenvalue weighted by molar-refractivity contribution is -0.125. The molecule has 33 heavy (non-hydrogen) atoms. The van der Waals surface area contributed by atoms with Crippen molar-refractivity contribution in [2.24, 2.45) is 5.41 Å². The highest BCUT2D eigenvalue weighted by Crippen LogP contribution is 2.70. The van der Waals surface area contributed by atoms with Gasteiger partial charge < -0.3 is 14.8 Å². The molecule has 1 N–H and O–H groups in total. The summed E-state index contributed by atoms with van der Waals surface area (Å²) in [7, 11) is 0. The average molecular weight is 459 g/mol. The number of nitrogens with zero attached hydrogens (tertiary/aromatic N) is 3. The van der Waals surface area contributed by atoms with Gasteiger partial charge in [-0.15, -0.1) is 0 Å². The summed E-state index contributed by atoms with van der Waals surface area (Å²) in [4.78, 5) is 28.8. The minimum absolute atomic E-state index is 0.0524. The van der Waals surface area contributed by atoms with Crippen LogP contribution in [0.2, 0.25) is 0 Å². The zero-order chi connectivity index (χ0) is 22.6. The van der Waals surface area contributed by atoms with E-state index in [4.69, 9.17) is 19.4 Å². The molecule has 7 rings (SSSR count). The zero-order valence-corrected chi connectivity index (χ0v) is 19.4. The summed E-state index contributed by atoms with van der Waals surface area (Å²) in [6.07, 6.45) is 1.61. The number of carbonyl (C=O) groups is 1. The molecule has 2 bridgehead atoms. The first kappa shape index (κ1) is 19.2. The standard InChI is InChI=1S/C25H22N4O3S/c1-23(2)24(3)8-9-25(23,21(30)29-22-28-13-6-4-5-7-18(13)33-22)20-19(24)26-14-10-16-17(32-12-31-16)11-15(14)27-20/h4-7,10-11H,8-9,12H2,1-3H3,(H,28,29,30). The van der Waals surface area contributed by atoms with Gasteiger partial charge in [0, 0.05) is 17.5 Å². The Labute approximate surface area is 194 Å². The molecule has 2 aromatic carbocycles. The molecule has 8 heteroatoms. The number of hydrogen-bond acceptors (Lipinski definition) is 7. The lowest BCUT2D eigenvalue weighted by Gasteiger charge is -2.39. The van der Waals surface area contributed by atoms with Gasteiger partial charge in [-0.3, -0.25) is 4.79 Å². The molecule has 7 nitrogen and oxygen atoms in total. The SMILES string of the molecule is CC12CCC(C(=O)Nc3nc4ccccc4s3)(c3nc4cc5c(cc4nc31)OCO5)C2(C)C. The highest BCUT2D eigenvalue weighted by molar-refractivity contribution is 7.22. The second kappa shape index (κ2) is 5.99. The third-order valence-electron chi connectivity index (χ3n) is 8.43. The minimum atomic E-state index is -0.785. The molecule has 1 aliphatic heterocycles. The maximum atomic E-state index is 14.1. The van der Waals surface area contributed by atoms with Crippen LogP contribution in [-0.4, -0.2) is 27.7 Å². The van der Waals surface area contributed by atoms with Gasteiger partial charge in [-0.25, -0.2) is 15.0 Å². The van der Waals surface area contributed by atoms with Gasteiger partial charge >= 0.3 is 0 Å². The Balaban J connectivity index is 1.39. The summed E-state index contributed by atoms with van der Waals surface area (Å²) < 4.78 is 12.1. The highest BCUT2D eigenvalue weighted by atomic mass is 32.1. The molecule has 1 fully saturated rings. The van der Waals surface area contributed by atoms with E-state index in [1.807, 2.05) is 36.4 Å². The van der Waals surface area contributed by atoms with Crippen LogP contribution in [0.3, 0.4) is 0 Å². The summed E-state index contributed by atoms with van der Waals surface area (Å²) in [5.74, 6) is 1.30. The van der Waals surface area contributed by atoms with Gasteiger partial charge in [-0.2, -0.15) is 0 Å². The predicted molar refractivity (Wildman–Crippen MR) is 126 cm³/mol. The van der Waals surface area contributed by atoms with Crippen LogP contribution < -0.4 is 14.8 Å². The fourth-order valence-electron chi connectivity index (χ4n) is 6.13. The van der Waals surface area contributed by atoms with E-state index < -0.39 is 5.41 Å². The number of ether oxygens (including phenoxy) is 2. The second-order valence-corrected chi connectivity index (χ2v) is 10.9. The molecule has 2 aliphatic carbocycles. The Morgan fingerprint density at radius 3 is 2.36 bits per heavy atom. The molecule has 1 saturated carbocycles. The van der Waals surface area contributed by atoms with Gasteiger partial charge in [-0.05, 0) is 30.4 Å². The van der Waals surface area contributed by atoms with E-state index in [9.17, 15) is 4.79 Å². The number of para-hydroxylation sites is 1. The van der Waals surface area contributed by atoms with Crippen molar-refractivity contribution in [2.45, 2.75) is 44.4 Å². The summed E-state index contributed by atoms with van der Waals surface area (Å²) in [5, 5.41) is 3.77. The topological polar surface area (TPSA) is 86.2 Å². The fourth-order valence-corrected chi connectivity index (χ4v) is 6.99. The summed E-state index contributed by atoms with van der Waals surface area (Å²) in [5.41, 5.74) is 2.67. The molecule has 166 valence electrons. The first-order valence-corrected chi connectivity index (χ1v) is 11.9. The first-order chi connectivity index (χ1) is 15.8. The van der Waals surface area contributed by atoms with Crippen LogP contribution in [-0.2, 0) is 15.6 Å². The molecule has 0 radical (unpaired) electrons. The Morgan fingerprint density at radius 2 is 1.64 bits per heavy atom. The van der Waals surface area contributed by atoms with Gasteiger partial charge in [-0.1, -0.05) is 44.2 Å². The number of rotatable bonds is 2. The van der Waals surface area contributed by atoms with Gasteiger partial charge in [0.1, 0.15) is 0 Å². The van der Waals surface area contributed by atoms with Crippen molar-refractivity contribution in [3.8, 4) is 11.5 Å². The van der Waals surface area contributed by atoms with Crippen LogP contribution >= 0.6 is 11.3 Å². The smallest absolute Gasteiger partial charge is 0.239 e. The number of aromatic nitrogens is 3. The van der Waals surface area contributed by atoms with Crippen molar-refractivity contribution in [2.75, 3.05) is 12.1 Å². The molecule has 0 spiro atoms. The number of anilines is 1. The summed E-state index contributed by atoms with van der Waals surface area (Å²) >= 11 is 1.49. The monoisotopic (exact) mass is 458 g/mol. The number of amides is 1. The van der Waals surface area contributed by atoms with Crippen molar-refractivity contribution in [3.63, 3.8) is 0 Å². The number of fused-ring (bicyclic) bond motifs is 8. The Hall–Kier alpha value is -3.26. The second-order valence-electron chi connectivity index (χ2n) is 9.92. The van der Waals surface area contributed by atoms with E-state index in [1.54, 1.807) is 0 Å². The van der Waals surface area contributed by atoms with E-state index in [-0.39, 0.29) is 23.5 Å². The van der Waals surface area contributed by atoms with Gasteiger partial charge in [0.2, 0.25) is 12.7 Å². The molecular formula is C25H22N4O3S. The third kappa shape index (κ3) is 2.20. The molecule has 3 aliphatic rings. The van der Waals surface area contributed by atoms with Gasteiger partial charge in [0.05, 0.1) is 38.1 Å². The lowest BCUT2D eigenvalue weighted by atomic mass is 9.63. The van der Waals surface area contributed by atoms with Crippen LogP contribution in [0.4, 0.5) is 5.13 Å². The van der Waals surface area contributed by atoms with Crippen molar-refractivity contribution in [1.29, 1.82) is 0 Å². The number of carbonyl (C=O) groups excluding carboxylic acids is 1. The molecule has 3 heterocycles. The largest absolute Gasteiger partial charge is 0.454 e. The Kier molecular flexibility index (Phi) is 3.49. The normalized spacial score (nSPS) is 26.2. The van der Waals surface area contributed by atoms with Crippen LogP contribution in [0.5, 0.6) is 11.5 Å². The van der Waals surface area contributed by atoms with Crippen LogP contribution in [0.15, 0.2) is 36.4 Å². The predicted octanol–water partition coefficient (Wildman–Crippen LogP) is 4.94. The van der Waals surface area contributed by atoms with Crippen molar-refractivity contribution >= 4 is 43.6 Å². The zero-order valence-electron chi connectivity index (χ0n) is 18.6. The van der Waals surface area contributed by atoms with E-state index in [0.717, 1.165) is 45.5 Å². The Bertz CT molecular complexity index is 1480. The van der Waals surface area contributed by atoms with Crippen LogP contribution in [0.25, 0.3) is 21.3 Å². The fraction of sp³-hybridized carbons (Fsp3) is 0.360. The van der Waals surface area contributed by atoms with Gasteiger partial charge in [0.15, 0.2) is 16.6 Å². The molecule has 1 amide bonds. The minimum Gasteiger partial charge on any atom is -0.454 e. The number of nitrogens with one attached hydrogen (secondary N) is 1. The molecular weight excluding hydrogens is 436 g/mol. The quantitative estimate of drug-likeness (QED) is 0.458. The third-order valence-corrected chi connectivity index (χ3v) is 9.39. The molecule has 2 unspecified atom stereocenters. The van der Waals surface area contributed by atoms with Crippen LogP contribution in [0.1, 0.15) is 45.0 Å². The molecule has 2 atom stereocenters. The number of hydrogen-bond donors (Lipinski definition) is 1. The van der Waals surface area contributed by atoms with E-state index in [1.165, 1.54) is 11.3 Å². The van der Waals surface area contributed by atoms with Crippen molar-refractivity contribution < 1.29 is 14.3 Å². The maximum absolute atomic E-state index is 14.1. The van der Waals surface area contributed by atoms with Crippen molar-refractivity contribution in [1.82, 2.24) is 15.0 Å². The summed E-state index contributed by atoms with van der Waals surface area (Å²) in [6.45, 7) is 6.78. The number of thiazole rings is 1. The molecule has 0 saturated heterocycles.